The standard InChI is InChI=1S/C14H25NO2/c1-14(2)9-8-11(13(16)17)10-15(14)12-6-4-3-5-7-12/h11-12H,3-10H2,1-2H3,(H,16,17). The van der Waals surface area contributed by atoms with Gasteiger partial charge in [0.1, 0.15) is 0 Å². The zero-order chi connectivity index (χ0) is 12.5. The lowest BCUT2D eigenvalue weighted by molar-refractivity contribution is -0.146. The van der Waals surface area contributed by atoms with E-state index in [2.05, 4.69) is 18.7 Å². The van der Waals surface area contributed by atoms with Crippen LogP contribution < -0.4 is 0 Å². The Labute approximate surface area is 104 Å². The first kappa shape index (κ1) is 12.9. The van der Waals surface area contributed by atoms with E-state index in [1.807, 2.05) is 0 Å². The maximum Gasteiger partial charge on any atom is 0.307 e. The molecule has 1 aliphatic carbocycles. The number of hydrogen-bond donors (Lipinski definition) is 1. The molecular formula is C14H25NO2. The van der Waals surface area contributed by atoms with Crippen LogP contribution in [0.25, 0.3) is 0 Å². The summed E-state index contributed by atoms with van der Waals surface area (Å²) in [6.45, 7) is 5.31. The van der Waals surface area contributed by atoms with Crippen LogP contribution in [0.2, 0.25) is 0 Å². The molecule has 0 amide bonds. The summed E-state index contributed by atoms with van der Waals surface area (Å²) in [4.78, 5) is 13.7. The average molecular weight is 239 g/mol. The number of likely N-dealkylation sites (tertiary alicyclic amines) is 1. The number of hydrogen-bond acceptors (Lipinski definition) is 2. The topological polar surface area (TPSA) is 40.5 Å². The van der Waals surface area contributed by atoms with Crippen LogP contribution in [0.4, 0.5) is 0 Å². The predicted octanol–water partition coefficient (Wildman–Crippen LogP) is 2.89. The smallest absolute Gasteiger partial charge is 0.307 e. The number of piperidine rings is 1. The van der Waals surface area contributed by atoms with E-state index in [1.165, 1.54) is 32.1 Å². The molecule has 0 radical (unpaired) electrons. The fourth-order valence-corrected chi connectivity index (χ4v) is 3.48. The third-order valence-corrected chi connectivity index (χ3v) is 4.66. The Balaban J connectivity index is 2.06. The quantitative estimate of drug-likeness (QED) is 0.805. The maximum absolute atomic E-state index is 11.2. The Morgan fingerprint density at radius 1 is 1.18 bits per heavy atom. The van der Waals surface area contributed by atoms with Gasteiger partial charge in [-0.2, -0.15) is 0 Å². The van der Waals surface area contributed by atoms with Crippen molar-refractivity contribution in [3.05, 3.63) is 0 Å². The molecule has 1 atom stereocenters. The molecule has 1 unspecified atom stereocenters. The molecular weight excluding hydrogens is 214 g/mol. The molecule has 0 aromatic heterocycles. The molecule has 98 valence electrons. The zero-order valence-corrected chi connectivity index (χ0v) is 11.1. The zero-order valence-electron chi connectivity index (χ0n) is 11.1. The van der Waals surface area contributed by atoms with Gasteiger partial charge >= 0.3 is 5.97 Å². The van der Waals surface area contributed by atoms with E-state index in [-0.39, 0.29) is 11.5 Å². The average Bonchev–Trinajstić information content (AvgIpc) is 2.29. The first-order valence-corrected chi connectivity index (χ1v) is 7.00. The molecule has 2 rings (SSSR count). The molecule has 0 bridgehead atoms. The second-order valence-corrected chi connectivity index (χ2v) is 6.33. The van der Waals surface area contributed by atoms with Crippen molar-refractivity contribution in [3.63, 3.8) is 0 Å². The minimum atomic E-state index is -0.610. The van der Waals surface area contributed by atoms with Crippen molar-refractivity contribution in [3.8, 4) is 0 Å². The van der Waals surface area contributed by atoms with Crippen molar-refractivity contribution in [2.45, 2.75) is 70.4 Å². The summed E-state index contributed by atoms with van der Waals surface area (Å²) in [5.74, 6) is -0.758. The van der Waals surface area contributed by atoms with Gasteiger partial charge < -0.3 is 5.11 Å². The van der Waals surface area contributed by atoms with E-state index < -0.39 is 5.97 Å². The second-order valence-electron chi connectivity index (χ2n) is 6.33. The third kappa shape index (κ3) is 2.82. The molecule has 1 aliphatic heterocycles. The highest BCUT2D eigenvalue weighted by Crippen LogP contribution is 2.36. The van der Waals surface area contributed by atoms with Crippen molar-refractivity contribution in [1.29, 1.82) is 0 Å². The molecule has 0 spiro atoms. The molecule has 1 saturated carbocycles. The van der Waals surface area contributed by atoms with Crippen LogP contribution in [-0.2, 0) is 4.79 Å². The van der Waals surface area contributed by atoms with Crippen molar-refractivity contribution < 1.29 is 9.90 Å². The number of rotatable bonds is 2. The Morgan fingerprint density at radius 2 is 1.82 bits per heavy atom. The highest BCUT2D eigenvalue weighted by molar-refractivity contribution is 5.70. The van der Waals surface area contributed by atoms with Gasteiger partial charge in [0.25, 0.3) is 0 Å². The van der Waals surface area contributed by atoms with E-state index in [1.54, 1.807) is 0 Å². The maximum atomic E-state index is 11.2. The molecule has 17 heavy (non-hydrogen) atoms. The summed E-state index contributed by atoms with van der Waals surface area (Å²) in [6.07, 6.45) is 8.36. The van der Waals surface area contributed by atoms with Gasteiger partial charge in [0.05, 0.1) is 5.92 Å². The van der Waals surface area contributed by atoms with E-state index in [4.69, 9.17) is 0 Å². The third-order valence-electron chi connectivity index (χ3n) is 4.66. The van der Waals surface area contributed by atoms with Gasteiger partial charge in [-0.1, -0.05) is 19.3 Å². The van der Waals surface area contributed by atoms with Crippen molar-refractivity contribution >= 4 is 5.97 Å². The van der Waals surface area contributed by atoms with E-state index in [0.29, 0.717) is 6.04 Å². The summed E-state index contributed by atoms with van der Waals surface area (Å²) in [7, 11) is 0. The highest BCUT2D eigenvalue weighted by atomic mass is 16.4. The molecule has 0 aromatic rings. The Hall–Kier alpha value is -0.570. The van der Waals surface area contributed by atoms with Gasteiger partial charge in [0.15, 0.2) is 0 Å². The van der Waals surface area contributed by atoms with Crippen LogP contribution in [0.15, 0.2) is 0 Å². The Bertz CT molecular complexity index is 282. The summed E-state index contributed by atoms with van der Waals surface area (Å²) in [5, 5.41) is 9.20. The van der Waals surface area contributed by atoms with Gasteiger partial charge in [-0.25, -0.2) is 0 Å². The van der Waals surface area contributed by atoms with Crippen molar-refractivity contribution in [2.24, 2.45) is 5.92 Å². The summed E-state index contributed by atoms with van der Waals surface area (Å²) in [5.41, 5.74) is 0.188. The molecule has 1 heterocycles. The van der Waals surface area contributed by atoms with Gasteiger partial charge in [0.2, 0.25) is 0 Å². The lowest BCUT2D eigenvalue weighted by Gasteiger charge is -2.49. The van der Waals surface area contributed by atoms with Crippen LogP contribution >= 0.6 is 0 Å². The summed E-state index contributed by atoms with van der Waals surface area (Å²) < 4.78 is 0. The minimum absolute atomic E-state index is 0.148. The van der Waals surface area contributed by atoms with Crippen LogP contribution in [0.5, 0.6) is 0 Å². The lowest BCUT2D eigenvalue weighted by Crippen LogP contribution is -2.56. The predicted molar refractivity (Wildman–Crippen MR) is 68.0 cm³/mol. The Morgan fingerprint density at radius 3 is 2.41 bits per heavy atom. The minimum Gasteiger partial charge on any atom is -0.481 e. The number of carboxylic acid groups (broad SMARTS) is 1. The lowest BCUT2D eigenvalue weighted by atomic mass is 9.81. The summed E-state index contributed by atoms with van der Waals surface area (Å²) >= 11 is 0. The van der Waals surface area contributed by atoms with Crippen molar-refractivity contribution in [2.75, 3.05) is 6.54 Å². The van der Waals surface area contributed by atoms with Crippen LogP contribution in [-0.4, -0.2) is 34.1 Å². The molecule has 2 aliphatic rings. The van der Waals surface area contributed by atoms with E-state index in [0.717, 1.165) is 19.4 Å². The monoisotopic (exact) mass is 239 g/mol. The van der Waals surface area contributed by atoms with E-state index >= 15 is 0 Å². The second kappa shape index (κ2) is 4.97. The fourth-order valence-electron chi connectivity index (χ4n) is 3.48. The molecule has 1 N–H and O–H groups in total. The van der Waals surface area contributed by atoms with Crippen molar-refractivity contribution in [1.82, 2.24) is 4.90 Å². The molecule has 0 aromatic carbocycles. The first-order valence-electron chi connectivity index (χ1n) is 7.00. The highest BCUT2D eigenvalue weighted by Gasteiger charge is 2.40. The number of carbonyl (C=O) groups is 1. The first-order chi connectivity index (χ1) is 8.00. The largest absolute Gasteiger partial charge is 0.481 e. The SMILES string of the molecule is CC1(C)CCC(C(=O)O)CN1C1CCCCC1. The summed E-state index contributed by atoms with van der Waals surface area (Å²) in [6, 6.07) is 0.626. The van der Waals surface area contributed by atoms with Crippen LogP contribution in [0.1, 0.15) is 58.8 Å². The number of carboxylic acids is 1. The molecule has 1 saturated heterocycles. The number of nitrogens with zero attached hydrogens (tertiary/aromatic N) is 1. The van der Waals surface area contributed by atoms with E-state index in [9.17, 15) is 9.90 Å². The molecule has 3 heteroatoms. The Kier molecular flexibility index (Phi) is 3.76. The van der Waals surface area contributed by atoms with Gasteiger partial charge in [-0.15, -0.1) is 0 Å². The van der Waals surface area contributed by atoms with Gasteiger partial charge in [-0.3, -0.25) is 9.69 Å². The normalized spacial score (nSPS) is 31.3. The molecule has 2 fully saturated rings. The van der Waals surface area contributed by atoms with Crippen LogP contribution in [0, 0.1) is 5.92 Å². The van der Waals surface area contributed by atoms with Crippen LogP contribution in [0.3, 0.4) is 0 Å². The van der Waals surface area contributed by atoms with Gasteiger partial charge in [-0.05, 0) is 39.5 Å². The van der Waals surface area contributed by atoms with Gasteiger partial charge in [0, 0.05) is 18.1 Å². The number of aliphatic carboxylic acids is 1. The fraction of sp³-hybridized carbons (Fsp3) is 0.929. The molecule has 3 nitrogen and oxygen atoms in total.